The van der Waals surface area contributed by atoms with E-state index in [1.807, 2.05) is 6.07 Å². The van der Waals surface area contributed by atoms with Crippen LogP contribution in [0, 0.1) is 5.92 Å². The number of nitrogens with zero attached hydrogens (tertiary/aromatic N) is 3. The second-order valence-electron chi connectivity index (χ2n) is 4.30. The minimum Gasteiger partial charge on any atom is -0.389 e. The van der Waals surface area contributed by atoms with Gasteiger partial charge in [0.2, 0.25) is 0 Å². The summed E-state index contributed by atoms with van der Waals surface area (Å²) in [7, 11) is 0. The zero-order valence-electron chi connectivity index (χ0n) is 9.39. The molecule has 2 rings (SSSR count). The van der Waals surface area contributed by atoms with Crippen LogP contribution in [0.3, 0.4) is 0 Å². The van der Waals surface area contributed by atoms with Crippen molar-refractivity contribution in [2.45, 2.75) is 19.8 Å². The van der Waals surface area contributed by atoms with Gasteiger partial charge in [-0.15, -0.1) is 5.10 Å². The highest BCUT2D eigenvalue weighted by Crippen LogP contribution is 2.23. The molecule has 1 aliphatic heterocycles. The maximum Gasteiger partial charge on any atom is 0.161 e. The summed E-state index contributed by atoms with van der Waals surface area (Å²) in [5.41, 5.74) is 6.52. The predicted octanol–water partition coefficient (Wildman–Crippen LogP) is 1.35. The summed E-state index contributed by atoms with van der Waals surface area (Å²) in [5, 5.41) is 8.07. The average Bonchev–Trinajstić information content (AvgIpc) is 2.30. The van der Waals surface area contributed by atoms with Crippen LogP contribution in [0.25, 0.3) is 0 Å². The summed E-state index contributed by atoms with van der Waals surface area (Å²) in [6, 6.07) is 1.84. The van der Waals surface area contributed by atoms with Crippen molar-refractivity contribution < 1.29 is 0 Å². The molecule has 0 bridgehead atoms. The molecule has 1 saturated heterocycles. The number of rotatable bonds is 2. The third kappa shape index (κ3) is 2.29. The van der Waals surface area contributed by atoms with Crippen LogP contribution in [-0.4, -0.2) is 28.3 Å². The van der Waals surface area contributed by atoms with Gasteiger partial charge >= 0.3 is 0 Å². The SMILES string of the molecule is CC1CCN(c2nnccc2C(N)=S)CC1. The average molecular weight is 236 g/mol. The minimum atomic E-state index is 0.392. The van der Waals surface area contributed by atoms with E-state index in [-0.39, 0.29) is 0 Å². The predicted molar refractivity (Wildman–Crippen MR) is 68.5 cm³/mol. The first-order chi connectivity index (χ1) is 7.68. The summed E-state index contributed by atoms with van der Waals surface area (Å²) in [5.74, 6) is 1.63. The zero-order chi connectivity index (χ0) is 11.5. The van der Waals surface area contributed by atoms with E-state index in [0.717, 1.165) is 30.4 Å². The van der Waals surface area contributed by atoms with Crippen molar-refractivity contribution in [2.24, 2.45) is 11.7 Å². The van der Waals surface area contributed by atoms with Crippen molar-refractivity contribution in [2.75, 3.05) is 18.0 Å². The van der Waals surface area contributed by atoms with Gasteiger partial charge in [-0.2, -0.15) is 5.10 Å². The molecular formula is C11H16N4S. The Morgan fingerprint density at radius 2 is 2.19 bits per heavy atom. The number of anilines is 1. The van der Waals surface area contributed by atoms with E-state index in [4.69, 9.17) is 18.0 Å². The lowest BCUT2D eigenvalue weighted by atomic mass is 9.99. The quantitative estimate of drug-likeness (QED) is 0.785. The smallest absolute Gasteiger partial charge is 0.161 e. The number of aromatic nitrogens is 2. The fourth-order valence-electron chi connectivity index (χ4n) is 1.97. The molecule has 0 radical (unpaired) electrons. The zero-order valence-corrected chi connectivity index (χ0v) is 10.2. The molecule has 1 aromatic rings. The van der Waals surface area contributed by atoms with Gasteiger partial charge < -0.3 is 10.6 Å². The normalized spacial score (nSPS) is 17.4. The van der Waals surface area contributed by atoms with E-state index in [0.29, 0.717) is 4.99 Å². The Morgan fingerprint density at radius 1 is 1.50 bits per heavy atom. The summed E-state index contributed by atoms with van der Waals surface area (Å²) >= 11 is 5.03. The van der Waals surface area contributed by atoms with Gasteiger partial charge in [0.05, 0.1) is 11.8 Å². The molecule has 1 aromatic heterocycles. The lowest BCUT2D eigenvalue weighted by molar-refractivity contribution is 0.436. The Hall–Kier alpha value is -1.23. The molecule has 16 heavy (non-hydrogen) atoms. The molecule has 2 heterocycles. The highest BCUT2D eigenvalue weighted by molar-refractivity contribution is 7.80. The molecule has 1 aliphatic rings. The molecule has 0 amide bonds. The van der Waals surface area contributed by atoms with Crippen LogP contribution < -0.4 is 10.6 Å². The van der Waals surface area contributed by atoms with E-state index in [2.05, 4.69) is 22.0 Å². The van der Waals surface area contributed by atoms with Crippen LogP contribution in [0.2, 0.25) is 0 Å². The van der Waals surface area contributed by atoms with Gasteiger partial charge in [0.25, 0.3) is 0 Å². The van der Waals surface area contributed by atoms with E-state index < -0.39 is 0 Å². The highest BCUT2D eigenvalue weighted by Gasteiger charge is 2.20. The Morgan fingerprint density at radius 3 is 2.81 bits per heavy atom. The van der Waals surface area contributed by atoms with Crippen molar-refractivity contribution in [1.82, 2.24) is 10.2 Å². The van der Waals surface area contributed by atoms with E-state index >= 15 is 0 Å². The Labute approximate surface area is 101 Å². The first-order valence-electron chi connectivity index (χ1n) is 5.55. The van der Waals surface area contributed by atoms with Gasteiger partial charge in [-0.25, -0.2) is 0 Å². The molecule has 0 unspecified atom stereocenters. The molecule has 4 nitrogen and oxygen atoms in total. The molecule has 0 saturated carbocycles. The second-order valence-corrected chi connectivity index (χ2v) is 4.74. The summed E-state index contributed by atoms with van der Waals surface area (Å²) in [4.78, 5) is 2.62. The maximum atomic E-state index is 5.69. The van der Waals surface area contributed by atoms with E-state index in [9.17, 15) is 0 Å². The lowest BCUT2D eigenvalue weighted by Crippen LogP contribution is -2.35. The molecule has 0 aromatic carbocycles. The number of hydrogen-bond donors (Lipinski definition) is 1. The van der Waals surface area contributed by atoms with Crippen LogP contribution in [0.15, 0.2) is 12.3 Å². The third-order valence-corrected chi connectivity index (χ3v) is 3.27. The van der Waals surface area contributed by atoms with Crippen molar-refractivity contribution in [3.05, 3.63) is 17.8 Å². The van der Waals surface area contributed by atoms with Gasteiger partial charge in [-0.3, -0.25) is 0 Å². The van der Waals surface area contributed by atoms with Gasteiger partial charge in [0.15, 0.2) is 5.82 Å². The second kappa shape index (κ2) is 4.74. The van der Waals surface area contributed by atoms with Crippen molar-refractivity contribution in [1.29, 1.82) is 0 Å². The van der Waals surface area contributed by atoms with Crippen LogP contribution in [0.1, 0.15) is 25.3 Å². The number of piperidine rings is 1. The highest BCUT2D eigenvalue weighted by atomic mass is 32.1. The maximum absolute atomic E-state index is 5.69. The van der Waals surface area contributed by atoms with Gasteiger partial charge in [-0.1, -0.05) is 19.1 Å². The standard InChI is InChI=1S/C11H16N4S/c1-8-3-6-15(7-4-8)11-9(10(12)16)2-5-13-14-11/h2,5,8H,3-4,6-7H2,1H3,(H2,12,16). The molecule has 5 heteroatoms. The van der Waals surface area contributed by atoms with Crippen LogP contribution in [0.4, 0.5) is 5.82 Å². The third-order valence-electron chi connectivity index (χ3n) is 3.05. The van der Waals surface area contributed by atoms with Gasteiger partial charge in [0, 0.05) is 13.1 Å². The molecule has 0 aliphatic carbocycles. The molecule has 86 valence electrons. The number of hydrogen-bond acceptors (Lipinski definition) is 4. The molecule has 2 N–H and O–H groups in total. The first-order valence-corrected chi connectivity index (χ1v) is 5.95. The van der Waals surface area contributed by atoms with Crippen LogP contribution in [0.5, 0.6) is 0 Å². The lowest BCUT2D eigenvalue weighted by Gasteiger charge is -2.31. The largest absolute Gasteiger partial charge is 0.389 e. The van der Waals surface area contributed by atoms with Gasteiger partial charge in [-0.05, 0) is 24.8 Å². The Balaban J connectivity index is 2.23. The van der Waals surface area contributed by atoms with Gasteiger partial charge in [0.1, 0.15) is 4.99 Å². The van der Waals surface area contributed by atoms with Crippen LogP contribution in [-0.2, 0) is 0 Å². The van der Waals surface area contributed by atoms with E-state index in [1.165, 1.54) is 12.8 Å². The fraction of sp³-hybridized carbons (Fsp3) is 0.545. The summed E-state index contributed by atoms with van der Waals surface area (Å²) in [6.07, 6.45) is 4.01. The summed E-state index contributed by atoms with van der Waals surface area (Å²) < 4.78 is 0. The number of nitrogens with two attached hydrogens (primary N) is 1. The van der Waals surface area contributed by atoms with Crippen LogP contribution >= 0.6 is 12.2 Å². The van der Waals surface area contributed by atoms with E-state index in [1.54, 1.807) is 6.20 Å². The number of thiocarbonyl (C=S) groups is 1. The van der Waals surface area contributed by atoms with Crippen molar-refractivity contribution in [3.63, 3.8) is 0 Å². The molecule has 1 fully saturated rings. The van der Waals surface area contributed by atoms with Crippen molar-refractivity contribution >= 4 is 23.0 Å². The monoisotopic (exact) mass is 236 g/mol. The minimum absolute atomic E-state index is 0.392. The summed E-state index contributed by atoms with van der Waals surface area (Å²) in [6.45, 7) is 4.30. The van der Waals surface area contributed by atoms with Crippen molar-refractivity contribution in [3.8, 4) is 0 Å². The first kappa shape index (κ1) is 11.3. The Bertz CT molecular complexity index is 385. The molecule has 0 spiro atoms. The molecular weight excluding hydrogens is 220 g/mol. The fourth-order valence-corrected chi connectivity index (χ4v) is 2.13. The topological polar surface area (TPSA) is 55.0 Å². The molecule has 0 atom stereocenters. The Kier molecular flexibility index (Phi) is 3.33.